The predicted molar refractivity (Wildman–Crippen MR) is 141 cm³/mol. The molecule has 4 aliphatic carbocycles. The Bertz CT molecular complexity index is 1380. The minimum atomic E-state index is -1.39. The SMILES string of the molecule is C=C1C[C@]23C=C(Sc4ncccn4)C(=O)[C@@](C)(CCC(=O)Nc4c(O)ccc(C(=O)O)c4O)[C@@H]2C[C@@H]1CC3. The lowest BCUT2D eigenvalue weighted by molar-refractivity contribution is -0.136. The van der Waals surface area contributed by atoms with Crippen LogP contribution in [0.3, 0.4) is 0 Å². The van der Waals surface area contributed by atoms with E-state index in [1.54, 1.807) is 18.5 Å². The number of anilines is 1. The number of Topliss-reactive ketones (excluding diaryl/α,β-unsaturated/α-hetero) is 1. The van der Waals surface area contributed by atoms with Crippen LogP contribution in [0, 0.1) is 22.7 Å². The molecule has 2 bridgehead atoms. The Morgan fingerprint density at radius 2 is 1.97 bits per heavy atom. The average Bonchev–Trinajstić information content (AvgIpc) is 2.88. The van der Waals surface area contributed by atoms with E-state index in [0.717, 1.165) is 37.8 Å². The molecule has 3 saturated carbocycles. The van der Waals surface area contributed by atoms with Gasteiger partial charge in [0.25, 0.3) is 0 Å². The normalized spacial score (nSPS) is 28.0. The number of hydrogen-bond donors (Lipinski definition) is 4. The van der Waals surface area contributed by atoms with Crippen LogP contribution >= 0.6 is 11.8 Å². The Kier molecular flexibility index (Phi) is 6.54. The second-order valence-corrected chi connectivity index (χ2v) is 11.7. The summed E-state index contributed by atoms with van der Waals surface area (Å²) < 4.78 is 0. The van der Waals surface area contributed by atoms with Gasteiger partial charge in [-0.3, -0.25) is 9.59 Å². The number of thioether (sulfide) groups is 1. The van der Waals surface area contributed by atoms with Crippen molar-refractivity contribution in [2.75, 3.05) is 5.32 Å². The van der Waals surface area contributed by atoms with E-state index in [1.807, 2.05) is 6.92 Å². The van der Waals surface area contributed by atoms with Gasteiger partial charge in [0.1, 0.15) is 17.0 Å². The molecule has 38 heavy (non-hydrogen) atoms. The van der Waals surface area contributed by atoms with E-state index in [2.05, 4.69) is 27.9 Å². The fourth-order valence-corrected chi connectivity index (χ4v) is 7.58. The maximum Gasteiger partial charge on any atom is 0.339 e. The van der Waals surface area contributed by atoms with Crippen LogP contribution in [0.1, 0.15) is 55.8 Å². The third-order valence-electron chi connectivity index (χ3n) is 8.50. The molecule has 1 aromatic heterocycles. The first kappa shape index (κ1) is 26.0. The summed E-state index contributed by atoms with van der Waals surface area (Å²) in [6.45, 7) is 6.25. The van der Waals surface area contributed by atoms with Crippen molar-refractivity contribution in [1.29, 1.82) is 0 Å². The first-order valence-electron chi connectivity index (χ1n) is 12.5. The number of aromatic nitrogens is 2. The molecule has 4 aliphatic rings. The summed E-state index contributed by atoms with van der Waals surface area (Å²) in [5.41, 5.74) is -0.660. The molecule has 4 N–H and O–H groups in total. The van der Waals surface area contributed by atoms with Crippen LogP contribution in [0.15, 0.2) is 58.9 Å². The summed E-state index contributed by atoms with van der Waals surface area (Å²) in [5.74, 6) is -2.76. The third-order valence-corrected chi connectivity index (χ3v) is 9.42. The standard InChI is InChI=1S/C28H29N3O6S/c1-15-13-28-9-6-16(15)12-20(28)27(2,24(35)19(14-28)38-26-29-10-3-11-30-26)8-7-21(33)31-22-18(32)5-4-17(23(22)34)25(36)37/h3-5,10-11,14,16,20,32,34H,1,6-9,12-13H2,2H3,(H,31,33)(H,36,37)/t16-,20-,27-,28+/m0/s1. The molecule has 0 aliphatic heterocycles. The van der Waals surface area contributed by atoms with Gasteiger partial charge in [0.05, 0.1) is 4.91 Å². The Balaban J connectivity index is 1.42. The van der Waals surface area contributed by atoms with Gasteiger partial charge < -0.3 is 20.6 Å². The lowest BCUT2D eigenvalue weighted by Gasteiger charge is -2.59. The van der Waals surface area contributed by atoms with Crippen LogP contribution < -0.4 is 5.32 Å². The van der Waals surface area contributed by atoms with Gasteiger partial charge in [0.2, 0.25) is 5.91 Å². The number of nitrogens with one attached hydrogen (secondary N) is 1. The minimum Gasteiger partial charge on any atom is -0.506 e. The number of aromatic carboxylic acids is 1. The summed E-state index contributed by atoms with van der Waals surface area (Å²) in [4.78, 5) is 47.5. The molecule has 0 saturated heterocycles. The first-order valence-corrected chi connectivity index (χ1v) is 13.3. The van der Waals surface area contributed by atoms with Gasteiger partial charge in [-0.05, 0) is 79.3 Å². The summed E-state index contributed by atoms with van der Waals surface area (Å²) in [6.07, 6.45) is 9.16. The molecule has 9 nitrogen and oxygen atoms in total. The van der Waals surface area contributed by atoms with Crippen molar-refractivity contribution in [3.8, 4) is 11.5 Å². The number of carbonyl (C=O) groups excluding carboxylic acids is 2. The summed E-state index contributed by atoms with van der Waals surface area (Å²) in [6, 6.07) is 3.87. The highest BCUT2D eigenvalue weighted by Gasteiger charge is 2.60. The maximum absolute atomic E-state index is 14.0. The van der Waals surface area contributed by atoms with Crippen LogP contribution in [-0.4, -0.2) is 42.9 Å². The van der Waals surface area contributed by atoms with Gasteiger partial charge in [0, 0.05) is 24.2 Å². The molecule has 198 valence electrons. The number of fused-ring (bicyclic) bond motifs is 2. The van der Waals surface area contributed by atoms with Gasteiger partial charge in [-0.15, -0.1) is 0 Å². The lowest BCUT2D eigenvalue weighted by Crippen LogP contribution is -2.55. The Hall–Kier alpha value is -3.66. The summed E-state index contributed by atoms with van der Waals surface area (Å²) in [7, 11) is 0. The average molecular weight is 536 g/mol. The molecule has 6 rings (SSSR count). The van der Waals surface area contributed by atoms with Crippen molar-refractivity contribution in [2.24, 2.45) is 22.7 Å². The molecule has 2 aromatic rings. The Morgan fingerprint density at radius 1 is 1.24 bits per heavy atom. The molecular weight excluding hydrogens is 506 g/mol. The molecule has 3 fully saturated rings. The number of amides is 1. The number of rotatable bonds is 7. The van der Waals surface area contributed by atoms with Crippen LogP contribution in [0.25, 0.3) is 0 Å². The van der Waals surface area contributed by atoms with E-state index in [1.165, 1.54) is 17.3 Å². The number of carboxylic acids is 1. The molecule has 4 atom stereocenters. The third kappa shape index (κ3) is 4.36. The van der Waals surface area contributed by atoms with Crippen LogP contribution in [0.4, 0.5) is 5.69 Å². The van der Waals surface area contributed by atoms with Gasteiger partial charge in [-0.1, -0.05) is 25.2 Å². The zero-order valence-electron chi connectivity index (χ0n) is 20.9. The number of carboxylic acid groups (broad SMARTS) is 1. The van der Waals surface area contributed by atoms with Crippen LogP contribution in [0.5, 0.6) is 11.5 Å². The molecule has 1 aromatic carbocycles. The smallest absolute Gasteiger partial charge is 0.339 e. The quantitative estimate of drug-likeness (QED) is 0.220. The van der Waals surface area contributed by atoms with Crippen molar-refractivity contribution in [1.82, 2.24) is 9.97 Å². The topological polar surface area (TPSA) is 150 Å². The molecule has 1 heterocycles. The molecule has 0 radical (unpaired) electrons. The predicted octanol–water partition coefficient (Wildman–Crippen LogP) is 4.93. The number of aromatic hydroxyl groups is 2. The summed E-state index contributed by atoms with van der Waals surface area (Å²) >= 11 is 1.25. The van der Waals surface area contributed by atoms with E-state index in [-0.39, 0.29) is 35.6 Å². The zero-order chi connectivity index (χ0) is 27.2. The number of phenols is 2. The van der Waals surface area contributed by atoms with E-state index < -0.39 is 34.4 Å². The van der Waals surface area contributed by atoms with E-state index in [4.69, 9.17) is 0 Å². The zero-order valence-corrected chi connectivity index (χ0v) is 21.8. The van der Waals surface area contributed by atoms with Crippen molar-refractivity contribution in [3.63, 3.8) is 0 Å². The van der Waals surface area contributed by atoms with Gasteiger partial charge in [-0.2, -0.15) is 0 Å². The summed E-state index contributed by atoms with van der Waals surface area (Å²) in [5, 5.41) is 32.6. The van der Waals surface area contributed by atoms with Gasteiger partial charge >= 0.3 is 5.97 Å². The molecular formula is C28H29N3O6S. The van der Waals surface area contributed by atoms with E-state index in [9.17, 15) is 29.7 Å². The van der Waals surface area contributed by atoms with Crippen LogP contribution in [0.2, 0.25) is 0 Å². The second kappa shape index (κ2) is 9.58. The highest BCUT2D eigenvalue weighted by atomic mass is 32.2. The monoisotopic (exact) mass is 535 g/mol. The van der Waals surface area contributed by atoms with Crippen molar-refractivity contribution < 1.29 is 29.7 Å². The van der Waals surface area contributed by atoms with Crippen molar-refractivity contribution in [3.05, 3.63) is 59.3 Å². The minimum absolute atomic E-state index is 0.0396. The van der Waals surface area contributed by atoms with Crippen molar-refractivity contribution >= 4 is 35.1 Å². The van der Waals surface area contributed by atoms with Gasteiger partial charge in [0.15, 0.2) is 16.7 Å². The molecule has 10 heteroatoms. The molecule has 0 unspecified atom stereocenters. The number of benzene rings is 1. The molecule has 1 amide bonds. The largest absolute Gasteiger partial charge is 0.506 e. The number of ketones is 1. The Morgan fingerprint density at radius 3 is 2.66 bits per heavy atom. The maximum atomic E-state index is 14.0. The highest BCUT2D eigenvalue weighted by Crippen LogP contribution is 2.66. The van der Waals surface area contributed by atoms with Gasteiger partial charge in [-0.25, -0.2) is 14.8 Å². The number of hydrogen-bond acceptors (Lipinski definition) is 8. The van der Waals surface area contributed by atoms with E-state index >= 15 is 0 Å². The fraction of sp³-hybridized carbons (Fsp3) is 0.393. The number of nitrogens with zero attached hydrogens (tertiary/aromatic N) is 2. The lowest BCUT2D eigenvalue weighted by atomic mass is 9.44. The Labute approximate surface area is 224 Å². The molecule has 1 spiro atoms. The first-order chi connectivity index (χ1) is 18.0. The van der Waals surface area contributed by atoms with Crippen LogP contribution in [-0.2, 0) is 9.59 Å². The number of carbonyl (C=O) groups is 3. The van der Waals surface area contributed by atoms with E-state index in [0.29, 0.717) is 16.0 Å². The highest BCUT2D eigenvalue weighted by molar-refractivity contribution is 8.03. The fourth-order valence-electron chi connectivity index (χ4n) is 6.54. The second-order valence-electron chi connectivity index (χ2n) is 10.7. The number of allylic oxidation sites excluding steroid dienone is 3. The number of phenolic OH excluding ortho intramolecular Hbond substituents is 1. The van der Waals surface area contributed by atoms with Crippen molar-refractivity contribution in [2.45, 2.75) is 50.6 Å².